The molecule has 2 aliphatic heterocycles. The van der Waals surface area contributed by atoms with Crippen molar-refractivity contribution in [3.05, 3.63) is 0 Å². The second-order valence-corrected chi connectivity index (χ2v) is 4.83. The van der Waals surface area contributed by atoms with E-state index < -0.39 is 0 Å². The number of hydrogen-bond acceptors (Lipinski definition) is 2. The van der Waals surface area contributed by atoms with Crippen molar-refractivity contribution in [1.82, 2.24) is 4.90 Å². The van der Waals surface area contributed by atoms with E-state index in [1.165, 1.54) is 38.8 Å². The number of hydrogen-bond donors (Lipinski definition) is 1. The minimum Gasteiger partial charge on any atom is -0.396 e. The molecule has 2 aliphatic rings. The lowest BCUT2D eigenvalue weighted by atomic mass is 9.81. The lowest BCUT2D eigenvalue weighted by Crippen LogP contribution is -2.50. The van der Waals surface area contributed by atoms with Gasteiger partial charge in [-0.05, 0) is 44.1 Å². The molecular weight excluding hydrogens is 162 g/mol. The molecule has 0 radical (unpaired) electrons. The van der Waals surface area contributed by atoms with Crippen LogP contribution >= 0.6 is 0 Å². The maximum Gasteiger partial charge on any atom is 0.0474 e. The van der Waals surface area contributed by atoms with Crippen LogP contribution in [0.1, 0.15) is 32.6 Å². The predicted octanol–water partition coefficient (Wildman–Crippen LogP) is 1.49. The summed E-state index contributed by atoms with van der Waals surface area (Å²) in [6.07, 6.45) is 5.20. The average Bonchev–Trinajstić information content (AvgIpc) is 2.16. The van der Waals surface area contributed by atoms with Crippen molar-refractivity contribution in [2.45, 2.75) is 38.6 Å². The Morgan fingerprint density at radius 1 is 1.31 bits per heavy atom. The third-order valence-corrected chi connectivity index (χ3v) is 3.77. The van der Waals surface area contributed by atoms with Crippen LogP contribution in [0.3, 0.4) is 0 Å². The quantitative estimate of drug-likeness (QED) is 0.666. The Balaban J connectivity index is 1.99. The van der Waals surface area contributed by atoms with Crippen LogP contribution in [0, 0.1) is 11.8 Å². The zero-order valence-electron chi connectivity index (χ0n) is 8.58. The number of aliphatic hydroxyl groups excluding tert-OH is 1. The molecule has 0 unspecified atom stereocenters. The first-order chi connectivity index (χ1) is 6.31. The number of rotatable bonds is 1. The molecule has 76 valence electrons. The summed E-state index contributed by atoms with van der Waals surface area (Å²) < 4.78 is 0. The molecule has 2 heteroatoms. The van der Waals surface area contributed by atoms with Crippen LogP contribution in [-0.2, 0) is 0 Å². The molecule has 2 nitrogen and oxygen atoms in total. The zero-order chi connectivity index (χ0) is 9.26. The highest BCUT2D eigenvalue weighted by Gasteiger charge is 2.34. The summed E-state index contributed by atoms with van der Waals surface area (Å²) in [4.78, 5) is 2.61. The molecule has 1 N–H and O–H groups in total. The number of fused-ring (bicyclic) bond motifs is 1. The van der Waals surface area contributed by atoms with Gasteiger partial charge < -0.3 is 5.11 Å². The minimum atomic E-state index is 0.398. The topological polar surface area (TPSA) is 23.5 Å². The van der Waals surface area contributed by atoms with Gasteiger partial charge in [-0.3, -0.25) is 4.90 Å². The first-order valence-corrected chi connectivity index (χ1v) is 5.66. The van der Waals surface area contributed by atoms with E-state index in [9.17, 15) is 5.11 Å². The Labute approximate surface area is 80.9 Å². The van der Waals surface area contributed by atoms with Gasteiger partial charge in [-0.25, -0.2) is 0 Å². The van der Waals surface area contributed by atoms with E-state index in [-0.39, 0.29) is 0 Å². The number of piperidine rings is 2. The second-order valence-electron chi connectivity index (χ2n) is 4.83. The van der Waals surface area contributed by atoms with Gasteiger partial charge >= 0.3 is 0 Å². The fraction of sp³-hybridized carbons (Fsp3) is 1.00. The smallest absolute Gasteiger partial charge is 0.0474 e. The Morgan fingerprint density at radius 3 is 2.92 bits per heavy atom. The van der Waals surface area contributed by atoms with Gasteiger partial charge in [0.15, 0.2) is 0 Å². The van der Waals surface area contributed by atoms with Crippen molar-refractivity contribution in [2.24, 2.45) is 11.8 Å². The third kappa shape index (κ3) is 1.89. The van der Waals surface area contributed by atoms with E-state index in [1.54, 1.807) is 0 Å². The molecule has 2 heterocycles. The Kier molecular flexibility index (Phi) is 2.89. The molecule has 0 saturated carbocycles. The highest BCUT2D eigenvalue weighted by atomic mass is 16.3. The number of nitrogens with zero attached hydrogens (tertiary/aromatic N) is 1. The normalized spacial score (nSPS) is 41.5. The van der Waals surface area contributed by atoms with Crippen molar-refractivity contribution in [3.8, 4) is 0 Å². The van der Waals surface area contributed by atoms with Crippen LogP contribution in [0.25, 0.3) is 0 Å². The molecule has 0 bridgehead atoms. The number of aliphatic hydroxyl groups is 1. The monoisotopic (exact) mass is 183 g/mol. The molecule has 0 aliphatic carbocycles. The average molecular weight is 183 g/mol. The summed E-state index contributed by atoms with van der Waals surface area (Å²) >= 11 is 0. The van der Waals surface area contributed by atoms with E-state index >= 15 is 0 Å². The van der Waals surface area contributed by atoms with E-state index in [2.05, 4.69) is 11.8 Å². The summed E-state index contributed by atoms with van der Waals surface area (Å²) in [6.45, 7) is 5.28. The predicted molar refractivity (Wildman–Crippen MR) is 53.6 cm³/mol. The summed E-state index contributed by atoms with van der Waals surface area (Å²) in [7, 11) is 0. The van der Waals surface area contributed by atoms with Gasteiger partial charge in [0.2, 0.25) is 0 Å². The lowest BCUT2D eigenvalue weighted by Gasteiger charge is -2.45. The second kappa shape index (κ2) is 3.97. The van der Waals surface area contributed by atoms with Gasteiger partial charge in [-0.1, -0.05) is 6.92 Å². The van der Waals surface area contributed by atoms with Crippen LogP contribution in [0.5, 0.6) is 0 Å². The van der Waals surface area contributed by atoms with Crippen LogP contribution in [0.15, 0.2) is 0 Å². The maximum absolute atomic E-state index is 9.27. The van der Waals surface area contributed by atoms with Gasteiger partial charge in [-0.15, -0.1) is 0 Å². The van der Waals surface area contributed by atoms with Crippen LogP contribution in [-0.4, -0.2) is 35.7 Å². The van der Waals surface area contributed by atoms with Gasteiger partial charge in [0.25, 0.3) is 0 Å². The van der Waals surface area contributed by atoms with Crippen molar-refractivity contribution in [3.63, 3.8) is 0 Å². The highest BCUT2D eigenvalue weighted by Crippen LogP contribution is 2.32. The lowest BCUT2D eigenvalue weighted by molar-refractivity contribution is 0.0147. The largest absolute Gasteiger partial charge is 0.396 e. The third-order valence-electron chi connectivity index (χ3n) is 3.77. The summed E-state index contributed by atoms with van der Waals surface area (Å²) in [5, 5.41) is 9.27. The van der Waals surface area contributed by atoms with Gasteiger partial charge in [-0.2, -0.15) is 0 Å². The molecule has 0 amide bonds. The van der Waals surface area contributed by atoms with E-state index in [0.717, 1.165) is 5.92 Å². The molecule has 0 aromatic carbocycles. The fourth-order valence-corrected chi connectivity index (χ4v) is 3.02. The first-order valence-electron chi connectivity index (χ1n) is 5.66. The van der Waals surface area contributed by atoms with Gasteiger partial charge in [0.05, 0.1) is 0 Å². The van der Waals surface area contributed by atoms with E-state index in [4.69, 9.17) is 0 Å². The molecule has 2 saturated heterocycles. The van der Waals surface area contributed by atoms with Crippen LogP contribution in [0.2, 0.25) is 0 Å². The van der Waals surface area contributed by atoms with Gasteiger partial charge in [0, 0.05) is 19.2 Å². The molecule has 0 spiro atoms. The molecule has 13 heavy (non-hydrogen) atoms. The first kappa shape index (κ1) is 9.47. The standard InChI is InChI=1S/C11H21NO/c1-9-4-5-11-10(8-13)3-2-6-12(11)7-9/h9-11,13H,2-8H2,1H3/t9-,10+,11+/m0/s1. The van der Waals surface area contributed by atoms with Crippen molar-refractivity contribution >= 4 is 0 Å². The van der Waals surface area contributed by atoms with Gasteiger partial charge in [0.1, 0.15) is 0 Å². The summed E-state index contributed by atoms with van der Waals surface area (Å²) in [5.74, 6) is 1.44. The summed E-state index contributed by atoms with van der Waals surface area (Å²) in [5.41, 5.74) is 0. The molecule has 2 fully saturated rings. The molecule has 0 aromatic heterocycles. The molecule has 0 aromatic rings. The fourth-order valence-electron chi connectivity index (χ4n) is 3.02. The Morgan fingerprint density at radius 2 is 2.15 bits per heavy atom. The molecule has 3 atom stereocenters. The van der Waals surface area contributed by atoms with Crippen molar-refractivity contribution in [1.29, 1.82) is 0 Å². The Bertz CT molecular complexity index is 171. The van der Waals surface area contributed by atoms with Crippen LogP contribution < -0.4 is 0 Å². The zero-order valence-corrected chi connectivity index (χ0v) is 8.58. The van der Waals surface area contributed by atoms with Crippen molar-refractivity contribution in [2.75, 3.05) is 19.7 Å². The van der Waals surface area contributed by atoms with E-state index in [1.807, 2.05) is 0 Å². The van der Waals surface area contributed by atoms with Crippen molar-refractivity contribution < 1.29 is 5.11 Å². The Hall–Kier alpha value is -0.0800. The van der Waals surface area contributed by atoms with E-state index in [0.29, 0.717) is 18.6 Å². The maximum atomic E-state index is 9.27. The SMILES string of the molecule is C[C@H]1CC[C@@H]2[C@@H](CO)CCCN2C1. The molecular formula is C11H21NO. The minimum absolute atomic E-state index is 0.398. The van der Waals surface area contributed by atoms with Crippen LogP contribution in [0.4, 0.5) is 0 Å². The molecule has 2 rings (SSSR count). The summed E-state index contributed by atoms with van der Waals surface area (Å²) in [6, 6.07) is 0.704. The highest BCUT2D eigenvalue weighted by molar-refractivity contribution is 4.88.